The van der Waals surface area contributed by atoms with Crippen LogP contribution in [-0.4, -0.2) is 39.7 Å². The number of carboxylic acid groups (broad SMARTS) is 1. The van der Waals surface area contributed by atoms with Gasteiger partial charge in [-0.2, -0.15) is 0 Å². The van der Waals surface area contributed by atoms with E-state index in [1.165, 1.54) is 0 Å². The van der Waals surface area contributed by atoms with Gasteiger partial charge in [0.15, 0.2) is 5.82 Å². The Kier molecular flexibility index (Phi) is 6.26. The van der Waals surface area contributed by atoms with Gasteiger partial charge in [0.05, 0.1) is 19.6 Å². The summed E-state index contributed by atoms with van der Waals surface area (Å²) in [5.74, 6) is 2.24. The molecule has 2 aromatic heterocycles. The molecule has 0 bridgehead atoms. The van der Waals surface area contributed by atoms with Crippen molar-refractivity contribution in [2.75, 3.05) is 19.5 Å². The highest BCUT2D eigenvalue weighted by molar-refractivity contribution is 9.10. The van der Waals surface area contributed by atoms with E-state index in [4.69, 9.17) is 14.5 Å². The second kappa shape index (κ2) is 8.85. The minimum atomic E-state index is -0.760. The van der Waals surface area contributed by atoms with Gasteiger partial charge >= 0.3 is 5.97 Å². The lowest BCUT2D eigenvalue weighted by atomic mass is 9.63. The molecule has 1 aromatic carbocycles. The Hall–Kier alpha value is -2.81. The highest BCUT2D eigenvalue weighted by Gasteiger charge is 2.47. The van der Waals surface area contributed by atoms with Crippen molar-refractivity contribution < 1.29 is 19.4 Å². The summed E-state index contributed by atoms with van der Waals surface area (Å²) in [6.45, 7) is 4.46. The Labute approximate surface area is 201 Å². The molecule has 0 amide bonds. The molecule has 3 aromatic rings. The van der Waals surface area contributed by atoms with Crippen LogP contribution < -0.4 is 14.8 Å². The molecule has 33 heavy (non-hydrogen) atoms. The number of aliphatic carboxylic acids is 1. The minimum Gasteiger partial charge on any atom is -0.497 e. The molecule has 9 heteroatoms. The summed E-state index contributed by atoms with van der Waals surface area (Å²) in [4.78, 5) is 21.4. The maximum absolute atomic E-state index is 12.0. The number of imidazole rings is 1. The van der Waals surface area contributed by atoms with Gasteiger partial charge in [-0.05, 0) is 54.2 Å². The van der Waals surface area contributed by atoms with Crippen LogP contribution in [0.3, 0.4) is 0 Å². The third kappa shape index (κ3) is 4.26. The van der Waals surface area contributed by atoms with E-state index in [9.17, 15) is 9.90 Å². The molecule has 0 spiro atoms. The van der Waals surface area contributed by atoms with Gasteiger partial charge in [0.25, 0.3) is 0 Å². The summed E-state index contributed by atoms with van der Waals surface area (Å²) < 4.78 is 13.5. The van der Waals surface area contributed by atoms with Crippen molar-refractivity contribution in [2.45, 2.75) is 51.5 Å². The molecule has 0 radical (unpaired) electrons. The number of ether oxygens (including phenoxy) is 2. The molecule has 1 saturated carbocycles. The first kappa shape index (κ1) is 23.4. The Morgan fingerprint density at radius 2 is 2.06 bits per heavy atom. The maximum Gasteiger partial charge on any atom is 0.309 e. The van der Waals surface area contributed by atoms with Gasteiger partial charge in [-0.3, -0.25) is 9.20 Å². The van der Waals surface area contributed by atoms with Crippen molar-refractivity contribution >= 4 is 33.2 Å². The van der Waals surface area contributed by atoms with E-state index < -0.39 is 11.4 Å². The van der Waals surface area contributed by atoms with Crippen molar-refractivity contribution in [1.29, 1.82) is 0 Å². The Balaban J connectivity index is 1.68. The van der Waals surface area contributed by atoms with Crippen LogP contribution >= 0.6 is 15.9 Å². The van der Waals surface area contributed by atoms with Crippen LogP contribution in [0.4, 0.5) is 5.82 Å². The number of methoxy groups -OCH3 is 2. The number of aromatic nitrogens is 3. The quantitative estimate of drug-likeness (QED) is 0.453. The summed E-state index contributed by atoms with van der Waals surface area (Å²) >= 11 is 3.62. The molecule has 1 fully saturated rings. The lowest BCUT2D eigenvalue weighted by Gasteiger charge is -2.41. The number of rotatable bonds is 7. The molecule has 1 aliphatic rings. The first-order valence-corrected chi connectivity index (χ1v) is 11.7. The van der Waals surface area contributed by atoms with Crippen molar-refractivity contribution in [2.24, 2.45) is 5.41 Å². The molecule has 2 N–H and O–H groups in total. The third-order valence-corrected chi connectivity index (χ3v) is 7.30. The molecule has 1 aliphatic carbocycles. The van der Waals surface area contributed by atoms with Gasteiger partial charge in [0, 0.05) is 36.0 Å². The van der Waals surface area contributed by atoms with Crippen molar-refractivity contribution in [3.8, 4) is 11.5 Å². The number of carbonyl (C=O) groups is 1. The molecule has 176 valence electrons. The van der Waals surface area contributed by atoms with Crippen LogP contribution in [-0.2, 0) is 16.8 Å². The number of nitrogens with one attached hydrogen (secondary N) is 1. The fourth-order valence-corrected chi connectivity index (χ4v) is 5.56. The minimum absolute atomic E-state index is 0.363. The summed E-state index contributed by atoms with van der Waals surface area (Å²) in [5, 5.41) is 13.2. The molecule has 0 aliphatic heterocycles. The largest absolute Gasteiger partial charge is 0.497 e. The van der Waals surface area contributed by atoms with Crippen LogP contribution in [0.1, 0.15) is 50.9 Å². The van der Waals surface area contributed by atoms with E-state index >= 15 is 0 Å². The number of fused-ring (bicyclic) bond motifs is 1. The second-order valence-electron chi connectivity index (χ2n) is 9.21. The Morgan fingerprint density at radius 1 is 1.27 bits per heavy atom. The number of anilines is 1. The topological polar surface area (TPSA) is 98.0 Å². The number of benzene rings is 1. The van der Waals surface area contributed by atoms with Crippen LogP contribution in [0.5, 0.6) is 11.5 Å². The van der Waals surface area contributed by atoms with Gasteiger partial charge in [-0.15, -0.1) is 0 Å². The SMILES string of the molecule is COc1ccc(CNc2nccn3c([C@]4(C)CCC[C@](C)(C(=O)O)C4)nc(Br)c23)c(OC)c1. The Bertz CT molecular complexity index is 1200. The zero-order valence-electron chi connectivity index (χ0n) is 19.3. The van der Waals surface area contributed by atoms with E-state index in [1.54, 1.807) is 20.4 Å². The lowest BCUT2D eigenvalue weighted by molar-refractivity contribution is -0.151. The number of hydrogen-bond donors (Lipinski definition) is 2. The summed E-state index contributed by atoms with van der Waals surface area (Å²) in [6.07, 6.45) is 6.57. The van der Waals surface area contributed by atoms with Crippen molar-refractivity contribution in [3.05, 3.63) is 46.6 Å². The first-order chi connectivity index (χ1) is 15.7. The van der Waals surface area contributed by atoms with Crippen molar-refractivity contribution in [1.82, 2.24) is 14.4 Å². The fraction of sp³-hybridized carbons (Fsp3) is 0.458. The molecule has 0 unspecified atom stereocenters. The van der Waals surface area contributed by atoms with E-state index in [-0.39, 0.29) is 5.41 Å². The standard InChI is InChI=1S/C24H29BrN4O4/c1-23(8-5-9-24(2,14-23)22(30)31)21-28-19(25)18-20(26-10-11-29(18)21)27-13-15-6-7-16(32-3)12-17(15)33-4/h6-7,10-12H,5,8-9,13-14H2,1-4H3,(H,26,27)(H,30,31)/t23-,24+/m1/s1. The third-order valence-electron chi connectivity index (χ3n) is 6.75. The predicted molar refractivity (Wildman–Crippen MR) is 129 cm³/mol. The second-order valence-corrected chi connectivity index (χ2v) is 9.96. The maximum atomic E-state index is 12.0. The molecular formula is C24H29BrN4O4. The monoisotopic (exact) mass is 516 g/mol. The summed E-state index contributed by atoms with van der Waals surface area (Å²) in [7, 11) is 3.25. The normalized spacial score (nSPS) is 22.8. The smallest absolute Gasteiger partial charge is 0.309 e. The Morgan fingerprint density at radius 3 is 2.76 bits per heavy atom. The van der Waals surface area contributed by atoms with Crippen LogP contribution in [0, 0.1) is 5.41 Å². The zero-order chi connectivity index (χ0) is 23.8. The van der Waals surface area contributed by atoms with E-state index in [1.807, 2.05) is 35.7 Å². The van der Waals surface area contributed by atoms with E-state index in [0.29, 0.717) is 29.8 Å². The van der Waals surface area contributed by atoms with Crippen molar-refractivity contribution in [3.63, 3.8) is 0 Å². The lowest BCUT2D eigenvalue weighted by Crippen LogP contribution is -2.41. The van der Waals surface area contributed by atoms with E-state index in [0.717, 1.165) is 41.2 Å². The summed E-state index contributed by atoms with van der Waals surface area (Å²) in [6, 6.07) is 5.70. The fourth-order valence-electron chi connectivity index (χ4n) is 5.01. The highest BCUT2D eigenvalue weighted by atomic mass is 79.9. The average Bonchev–Trinajstić information content (AvgIpc) is 3.15. The first-order valence-electron chi connectivity index (χ1n) is 10.9. The summed E-state index contributed by atoms with van der Waals surface area (Å²) in [5.41, 5.74) is 0.668. The number of nitrogens with zero attached hydrogens (tertiary/aromatic N) is 3. The zero-order valence-corrected chi connectivity index (χ0v) is 20.9. The van der Waals surface area contributed by atoms with E-state index in [2.05, 4.69) is 33.2 Å². The molecule has 8 nitrogen and oxygen atoms in total. The predicted octanol–water partition coefficient (Wildman–Crippen LogP) is 5.04. The van der Waals surface area contributed by atoms with Gasteiger partial charge in [0.2, 0.25) is 0 Å². The molecule has 0 saturated heterocycles. The van der Waals surface area contributed by atoms with Gasteiger partial charge in [-0.25, -0.2) is 9.97 Å². The number of carboxylic acids is 1. The number of halogens is 1. The average molecular weight is 517 g/mol. The number of hydrogen-bond acceptors (Lipinski definition) is 6. The molecule has 2 heterocycles. The highest BCUT2D eigenvalue weighted by Crippen LogP contribution is 2.48. The molecule has 2 atom stereocenters. The van der Waals surface area contributed by atoms with Crippen LogP contribution in [0.15, 0.2) is 35.2 Å². The molecular weight excluding hydrogens is 488 g/mol. The van der Waals surface area contributed by atoms with Gasteiger partial charge in [0.1, 0.15) is 27.4 Å². The van der Waals surface area contributed by atoms with Gasteiger partial charge in [-0.1, -0.05) is 13.3 Å². The van der Waals surface area contributed by atoms with Gasteiger partial charge < -0.3 is 19.9 Å². The van der Waals surface area contributed by atoms with Crippen LogP contribution in [0.2, 0.25) is 0 Å². The molecule has 4 rings (SSSR count). The van der Waals surface area contributed by atoms with Crippen LogP contribution in [0.25, 0.3) is 5.52 Å².